The molecule has 0 aliphatic rings. The van der Waals surface area contributed by atoms with Crippen LogP contribution in [0.1, 0.15) is 28.9 Å². The van der Waals surface area contributed by atoms with Crippen LogP contribution in [0, 0.1) is 0 Å². The molecule has 3 rings (SSSR count). The number of carbonyl (C=O) groups excluding carboxylic acids is 1. The first-order valence-electron chi connectivity index (χ1n) is 7.97. The van der Waals surface area contributed by atoms with Crippen LogP contribution >= 0.6 is 0 Å². The second-order valence-electron chi connectivity index (χ2n) is 5.76. The predicted octanol–water partition coefficient (Wildman–Crippen LogP) is 4.73. The molecule has 3 aromatic rings. The standard InChI is InChI=1S/C19H15F3N2O3/c1-12(13-6-8-16(9-7-13)27-19(20,21)22)24-18(25)15-4-2-14(3-5-15)17-10-23-11-26-17/h2-12H,1H3,(H,24,25). The Kier molecular flexibility index (Phi) is 5.16. The van der Waals surface area contributed by atoms with Gasteiger partial charge in [0.25, 0.3) is 5.91 Å². The van der Waals surface area contributed by atoms with E-state index in [-0.39, 0.29) is 11.7 Å². The Morgan fingerprint density at radius 3 is 2.33 bits per heavy atom. The summed E-state index contributed by atoms with van der Waals surface area (Å²) in [5.74, 6) is -0.0217. The summed E-state index contributed by atoms with van der Waals surface area (Å²) >= 11 is 0. The minimum absolute atomic E-state index is 0.303. The molecule has 5 nitrogen and oxygen atoms in total. The smallest absolute Gasteiger partial charge is 0.444 e. The molecule has 1 N–H and O–H groups in total. The van der Waals surface area contributed by atoms with Crippen LogP contribution in [0.15, 0.2) is 65.5 Å². The molecule has 1 amide bonds. The molecule has 8 heteroatoms. The van der Waals surface area contributed by atoms with Crippen LogP contribution in [0.5, 0.6) is 5.75 Å². The van der Waals surface area contributed by atoms with Crippen LogP contribution in [0.25, 0.3) is 11.3 Å². The molecule has 0 aliphatic carbocycles. The maximum Gasteiger partial charge on any atom is 0.573 e. The summed E-state index contributed by atoms with van der Waals surface area (Å²) in [7, 11) is 0. The SMILES string of the molecule is CC(NC(=O)c1ccc(-c2cnco2)cc1)c1ccc(OC(F)(F)F)cc1. The third kappa shape index (κ3) is 4.87. The van der Waals surface area contributed by atoms with Crippen LogP contribution < -0.4 is 10.1 Å². The molecule has 0 saturated heterocycles. The molecule has 27 heavy (non-hydrogen) atoms. The van der Waals surface area contributed by atoms with Crippen molar-refractivity contribution in [1.29, 1.82) is 0 Å². The minimum atomic E-state index is -4.74. The van der Waals surface area contributed by atoms with Crippen LogP contribution in [0.3, 0.4) is 0 Å². The van der Waals surface area contributed by atoms with E-state index in [0.29, 0.717) is 16.9 Å². The Hall–Kier alpha value is -3.29. The van der Waals surface area contributed by atoms with Gasteiger partial charge in [0.15, 0.2) is 12.2 Å². The number of halogens is 3. The van der Waals surface area contributed by atoms with Gasteiger partial charge in [-0.05, 0) is 36.8 Å². The zero-order valence-corrected chi connectivity index (χ0v) is 14.2. The summed E-state index contributed by atoms with van der Waals surface area (Å²) in [6.07, 6.45) is -1.84. The van der Waals surface area contributed by atoms with Gasteiger partial charge >= 0.3 is 6.36 Å². The summed E-state index contributed by atoms with van der Waals surface area (Å²) in [4.78, 5) is 16.2. The number of ether oxygens (including phenoxy) is 1. The van der Waals surface area contributed by atoms with E-state index < -0.39 is 12.4 Å². The molecule has 0 bridgehead atoms. The van der Waals surface area contributed by atoms with Crippen molar-refractivity contribution >= 4 is 5.91 Å². The van der Waals surface area contributed by atoms with Crippen molar-refractivity contribution < 1.29 is 27.1 Å². The van der Waals surface area contributed by atoms with Crippen molar-refractivity contribution in [1.82, 2.24) is 10.3 Å². The lowest BCUT2D eigenvalue weighted by molar-refractivity contribution is -0.274. The molecule has 0 spiro atoms. The second kappa shape index (κ2) is 7.53. The van der Waals surface area contributed by atoms with Crippen LogP contribution in [0.2, 0.25) is 0 Å². The minimum Gasteiger partial charge on any atom is -0.444 e. The third-order valence-corrected chi connectivity index (χ3v) is 3.83. The van der Waals surface area contributed by atoms with Gasteiger partial charge in [-0.3, -0.25) is 4.79 Å². The molecular weight excluding hydrogens is 361 g/mol. The lowest BCUT2D eigenvalue weighted by Crippen LogP contribution is -2.26. The first-order valence-corrected chi connectivity index (χ1v) is 7.97. The Labute approximate surface area is 152 Å². The number of nitrogens with one attached hydrogen (secondary N) is 1. The number of benzene rings is 2. The van der Waals surface area contributed by atoms with E-state index in [1.165, 1.54) is 30.7 Å². The van der Waals surface area contributed by atoms with E-state index in [1.54, 1.807) is 37.4 Å². The fraction of sp³-hybridized carbons (Fsp3) is 0.158. The topological polar surface area (TPSA) is 64.4 Å². The Morgan fingerprint density at radius 2 is 1.78 bits per heavy atom. The molecule has 140 valence electrons. The zero-order chi connectivity index (χ0) is 19.4. The van der Waals surface area contributed by atoms with E-state index in [9.17, 15) is 18.0 Å². The predicted molar refractivity (Wildman–Crippen MR) is 90.9 cm³/mol. The molecule has 1 unspecified atom stereocenters. The number of amides is 1. The zero-order valence-electron chi connectivity index (χ0n) is 14.2. The summed E-state index contributed by atoms with van der Waals surface area (Å²) in [5.41, 5.74) is 1.88. The molecule has 1 atom stereocenters. The number of rotatable bonds is 5. The highest BCUT2D eigenvalue weighted by molar-refractivity contribution is 5.94. The summed E-state index contributed by atoms with van der Waals surface area (Å²) in [5, 5.41) is 2.80. The quantitative estimate of drug-likeness (QED) is 0.699. The lowest BCUT2D eigenvalue weighted by atomic mass is 10.1. The van der Waals surface area contributed by atoms with Gasteiger partial charge in [-0.25, -0.2) is 4.98 Å². The Balaban J connectivity index is 1.63. The number of carbonyl (C=O) groups is 1. The molecule has 0 aliphatic heterocycles. The van der Waals surface area contributed by atoms with Gasteiger partial charge in [-0.1, -0.05) is 24.3 Å². The van der Waals surface area contributed by atoms with Gasteiger partial charge in [-0.15, -0.1) is 13.2 Å². The third-order valence-electron chi connectivity index (χ3n) is 3.83. The average molecular weight is 376 g/mol. The summed E-state index contributed by atoms with van der Waals surface area (Å²) < 4.78 is 45.6. The van der Waals surface area contributed by atoms with E-state index in [2.05, 4.69) is 15.0 Å². The molecule has 0 saturated carbocycles. The van der Waals surface area contributed by atoms with Gasteiger partial charge in [0.1, 0.15) is 5.75 Å². The van der Waals surface area contributed by atoms with Gasteiger partial charge in [0, 0.05) is 11.1 Å². The highest BCUT2D eigenvalue weighted by Gasteiger charge is 2.31. The maximum atomic E-state index is 12.4. The molecule has 1 heterocycles. The highest BCUT2D eigenvalue weighted by Crippen LogP contribution is 2.24. The van der Waals surface area contributed by atoms with Crippen LogP contribution in [0.4, 0.5) is 13.2 Å². The van der Waals surface area contributed by atoms with Crippen molar-refractivity contribution in [2.45, 2.75) is 19.3 Å². The Morgan fingerprint density at radius 1 is 1.11 bits per heavy atom. The number of oxazole rings is 1. The molecule has 0 fully saturated rings. The van der Waals surface area contributed by atoms with Gasteiger partial charge in [0.05, 0.1) is 12.2 Å². The fourth-order valence-corrected chi connectivity index (χ4v) is 2.47. The first kappa shape index (κ1) is 18.5. The summed E-state index contributed by atoms with van der Waals surface area (Å²) in [6, 6.07) is 11.7. The van der Waals surface area contributed by atoms with E-state index in [0.717, 1.165) is 5.56 Å². The molecule has 0 radical (unpaired) electrons. The summed E-state index contributed by atoms with van der Waals surface area (Å²) in [6.45, 7) is 1.74. The van der Waals surface area contributed by atoms with Crippen molar-refractivity contribution in [2.24, 2.45) is 0 Å². The van der Waals surface area contributed by atoms with Crippen LogP contribution in [-0.2, 0) is 0 Å². The normalized spacial score (nSPS) is 12.4. The number of nitrogens with zero attached hydrogens (tertiary/aromatic N) is 1. The second-order valence-corrected chi connectivity index (χ2v) is 5.76. The van der Waals surface area contributed by atoms with E-state index in [1.807, 2.05) is 0 Å². The average Bonchev–Trinajstić information content (AvgIpc) is 3.15. The van der Waals surface area contributed by atoms with Crippen molar-refractivity contribution in [3.05, 3.63) is 72.2 Å². The number of hydrogen-bond acceptors (Lipinski definition) is 4. The number of alkyl halides is 3. The highest BCUT2D eigenvalue weighted by atomic mass is 19.4. The van der Waals surface area contributed by atoms with Gasteiger partial charge < -0.3 is 14.5 Å². The molecular formula is C19H15F3N2O3. The van der Waals surface area contributed by atoms with Crippen molar-refractivity contribution in [2.75, 3.05) is 0 Å². The first-order chi connectivity index (χ1) is 12.8. The number of hydrogen-bond donors (Lipinski definition) is 1. The largest absolute Gasteiger partial charge is 0.573 e. The Bertz CT molecular complexity index is 889. The van der Waals surface area contributed by atoms with E-state index >= 15 is 0 Å². The number of aromatic nitrogens is 1. The van der Waals surface area contributed by atoms with Crippen molar-refractivity contribution in [3.8, 4) is 17.1 Å². The van der Waals surface area contributed by atoms with E-state index in [4.69, 9.17) is 4.42 Å². The monoisotopic (exact) mass is 376 g/mol. The van der Waals surface area contributed by atoms with Crippen molar-refractivity contribution in [3.63, 3.8) is 0 Å². The fourth-order valence-electron chi connectivity index (χ4n) is 2.47. The van der Waals surface area contributed by atoms with Gasteiger partial charge in [0.2, 0.25) is 0 Å². The van der Waals surface area contributed by atoms with Gasteiger partial charge in [-0.2, -0.15) is 0 Å². The lowest BCUT2D eigenvalue weighted by Gasteiger charge is -2.15. The maximum absolute atomic E-state index is 12.4. The van der Waals surface area contributed by atoms with Crippen LogP contribution in [-0.4, -0.2) is 17.3 Å². The molecule has 1 aromatic heterocycles. The molecule has 2 aromatic carbocycles.